The number of benzene rings is 1. The zero-order chi connectivity index (χ0) is 18.5. The molecule has 2 aromatic rings. The van der Waals surface area contributed by atoms with Gasteiger partial charge >= 0.3 is 0 Å². The van der Waals surface area contributed by atoms with Gasteiger partial charge in [-0.25, -0.2) is 4.98 Å². The number of rotatable bonds is 5. The zero-order valence-corrected chi connectivity index (χ0v) is 15.1. The number of piperazine rings is 1. The molecule has 1 aromatic carbocycles. The lowest BCUT2D eigenvalue weighted by Gasteiger charge is -2.35. The Balaban J connectivity index is 1.74. The highest BCUT2D eigenvalue weighted by atomic mass is 35.5. The Morgan fingerprint density at radius 2 is 1.92 bits per heavy atom. The van der Waals surface area contributed by atoms with E-state index in [1.807, 2.05) is 4.90 Å². The maximum Gasteiger partial charge on any atom is 0.248 e. The Kier molecular flexibility index (Phi) is 5.75. The van der Waals surface area contributed by atoms with Crippen molar-refractivity contribution in [3.8, 4) is 11.5 Å². The molecule has 1 aromatic heterocycles. The van der Waals surface area contributed by atoms with E-state index in [1.165, 1.54) is 7.11 Å². The fourth-order valence-corrected chi connectivity index (χ4v) is 2.81. The molecular weight excluding hydrogens is 358 g/mol. The summed E-state index contributed by atoms with van der Waals surface area (Å²) in [6.45, 7) is 2.47. The lowest BCUT2D eigenvalue weighted by Crippen LogP contribution is -2.50. The molecule has 9 heteroatoms. The van der Waals surface area contributed by atoms with E-state index in [1.54, 1.807) is 35.4 Å². The second kappa shape index (κ2) is 8.20. The number of amides is 1. The molecule has 0 radical (unpaired) electrons. The highest BCUT2D eigenvalue weighted by molar-refractivity contribution is 6.30. The van der Waals surface area contributed by atoms with Crippen LogP contribution in [0, 0.1) is 0 Å². The van der Waals surface area contributed by atoms with Gasteiger partial charge in [-0.3, -0.25) is 4.79 Å². The smallest absolute Gasteiger partial charge is 0.248 e. The predicted molar refractivity (Wildman–Crippen MR) is 98.6 cm³/mol. The predicted octanol–water partition coefficient (Wildman–Crippen LogP) is 1.80. The number of nitrogens with two attached hydrogens (primary N) is 1. The third-order valence-electron chi connectivity index (χ3n) is 4.00. The van der Waals surface area contributed by atoms with Gasteiger partial charge in [0.2, 0.25) is 11.9 Å². The number of anilines is 2. The molecule has 1 aliphatic heterocycles. The van der Waals surface area contributed by atoms with Gasteiger partial charge in [-0.2, -0.15) is 4.98 Å². The van der Waals surface area contributed by atoms with E-state index in [0.29, 0.717) is 48.5 Å². The van der Waals surface area contributed by atoms with Gasteiger partial charge in [0.1, 0.15) is 12.4 Å². The maximum atomic E-state index is 11.9. The van der Waals surface area contributed by atoms with Crippen LogP contribution in [0.2, 0.25) is 5.02 Å². The molecule has 0 aliphatic carbocycles. The van der Waals surface area contributed by atoms with Gasteiger partial charge in [0.25, 0.3) is 0 Å². The van der Waals surface area contributed by atoms with Crippen molar-refractivity contribution in [2.24, 2.45) is 0 Å². The van der Waals surface area contributed by atoms with Crippen molar-refractivity contribution >= 4 is 29.3 Å². The molecule has 0 atom stereocenters. The molecule has 26 heavy (non-hydrogen) atoms. The summed E-state index contributed by atoms with van der Waals surface area (Å²) in [5, 5.41) is 0.628. The lowest BCUT2D eigenvalue weighted by atomic mass is 10.3. The number of carbonyl (C=O) groups is 1. The van der Waals surface area contributed by atoms with Crippen LogP contribution in [0.5, 0.6) is 11.5 Å². The molecule has 3 rings (SSSR count). The largest absolute Gasteiger partial charge is 0.452 e. The van der Waals surface area contributed by atoms with Gasteiger partial charge in [0.15, 0.2) is 11.6 Å². The fraction of sp³-hybridized carbons (Fsp3) is 0.353. The van der Waals surface area contributed by atoms with E-state index >= 15 is 0 Å². The zero-order valence-electron chi connectivity index (χ0n) is 14.4. The number of carbonyl (C=O) groups excluding carboxylic acids is 1. The Morgan fingerprint density at radius 3 is 2.58 bits per heavy atom. The van der Waals surface area contributed by atoms with Gasteiger partial charge in [0.05, 0.1) is 6.20 Å². The Labute approximate surface area is 156 Å². The average Bonchev–Trinajstić information content (AvgIpc) is 2.65. The van der Waals surface area contributed by atoms with Crippen LogP contribution in [0.3, 0.4) is 0 Å². The third kappa shape index (κ3) is 4.33. The monoisotopic (exact) mass is 377 g/mol. The number of halogens is 1. The Bertz CT molecular complexity index is 763. The number of methoxy groups -OCH3 is 1. The van der Waals surface area contributed by atoms with Gasteiger partial charge in [-0.05, 0) is 24.3 Å². The van der Waals surface area contributed by atoms with Gasteiger partial charge in [-0.15, -0.1) is 0 Å². The summed E-state index contributed by atoms with van der Waals surface area (Å²) in [6, 6.07) is 7.03. The number of hydrogen-bond donors (Lipinski definition) is 1. The Hall–Kier alpha value is -2.58. The van der Waals surface area contributed by atoms with E-state index in [0.717, 1.165) is 0 Å². The van der Waals surface area contributed by atoms with Crippen molar-refractivity contribution in [2.45, 2.75) is 0 Å². The van der Waals surface area contributed by atoms with Crippen LogP contribution in [-0.2, 0) is 9.53 Å². The SMILES string of the molecule is COCC(=O)N1CCN(c2nc(N)ncc2Oc2ccc(Cl)cc2)CC1. The molecule has 138 valence electrons. The Morgan fingerprint density at radius 1 is 1.23 bits per heavy atom. The van der Waals surface area contributed by atoms with Crippen molar-refractivity contribution in [3.63, 3.8) is 0 Å². The normalized spacial score (nSPS) is 14.4. The van der Waals surface area contributed by atoms with Crippen LogP contribution < -0.4 is 15.4 Å². The highest BCUT2D eigenvalue weighted by Crippen LogP contribution is 2.31. The topological polar surface area (TPSA) is 93.8 Å². The summed E-state index contributed by atoms with van der Waals surface area (Å²) in [4.78, 5) is 24.1. The molecular formula is C17H20ClN5O3. The molecule has 1 saturated heterocycles. The van der Waals surface area contributed by atoms with Crippen molar-refractivity contribution in [1.29, 1.82) is 0 Å². The molecule has 0 saturated carbocycles. The fourth-order valence-electron chi connectivity index (χ4n) is 2.69. The van der Waals surface area contributed by atoms with E-state index in [4.69, 9.17) is 26.8 Å². The van der Waals surface area contributed by atoms with E-state index in [9.17, 15) is 4.79 Å². The van der Waals surface area contributed by atoms with Gasteiger partial charge in [0, 0.05) is 38.3 Å². The quantitative estimate of drug-likeness (QED) is 0.848. The van der Waals surface area contributed by atoms with Crippen molar-refractivity contribution in [2.75, 3.05) is 50.5 Å². The van der Waals surface area contributed by atoms with E-state index < -0.39 is 0 Å². The maximum absolute atomic E-state index is 11.9. The molecule has 2 N–H and O–H groups in total. The standard InChI is InChI=1S/C17H20ClN5O3/c1-25-11-15(24)22-6-8-23(9-7-22)16-14(10-20-17(19)21-16)26-13-4-2-12(18)3-5-13/h2-5,10H,6-9,11H2,1H3,(H2,19,20,21). The molecule has 0 unspecified atom stereocenters. The minimum absolute atomic E-state index is 0.0213. The van der Waals surface area contributed by atoms with Crippen LogP contribution in [0.15, 0.2) is 30.5 Å². The van der Waals surface area contributed by atoms with Crippen LogP contribution in [0.4, 0.5) is 11.8 Å². The van der Waals surface area contributed by atoms with Crippen molar-refractivity contribution in [1.82, 2.24) is 14.9 Å². The van der Waals surface area contributed by atoms with Crippen LogP contribution >= 0.6 is 11.6 Å². The summed E-state index contributed by atoms with van der Waals surface area (Å²) in [5.41, 5.74) is 5.76. The van der Waals surface area contributed by atoms with Crippen LogP contribution in [0.25, 0.3) is 0 Å². The number of hydrogen-bond acceptors (Lipinski definition) is 7. The van der Waals surface area contributed by atoms with Crippen LogP contribution in [0.1, 0.15) is 0 Å². The molecule has 8 nitrogen and oxygen atoms in total. The molecule has 1 amide bonds. The molecule has 0 bridgehead atoms. The van der Waals surface area contributed by atoms with Crippen LogP contribution in [-0.4, -0.2) is 60.7 Å². The summed E-state index contributed by atoms with van der Waals surface area (Å²) in [5.74, 6) is 1.87. The summed E-state index contributed by atoms with van der Waals surface area (Å²) in [7, 11) is 1.51. The number of ether oxygens (including phenoxy) is 2. The van der Waals surface area contributed by atoms with E-state index in [-0.39, 0.29) is 18.5 Å². The first-order chi connectivity index (χ1) is 12.6. The summed E-state index contributed by atoms with van der Waals surface area (Å²) in [6.07, 6.45) is 1.55. The van der Waals surface area contributed by atoms with Gasteiger partial charge < -0.3 is 25.0 Å². The number of aromatic nitrogens is 2. The van der Waals surface area contributed by atoms with Gasteiger partial charge in [-0.1, -0.05) is 11.6 Å². The van der Waals surface area contributed by atoms with Crippen molar-refractivity contribution in [3.05, 3.63) is 35.5 Å². The average molecular weight is 378 g/mol. The first-order valence-corrected chi connectivity index (χ1v) is 8.52. The second-order valence-corrected chi connectivity index (χ2v) is 6.21. The summed E-state index contributed by atoms with van der Waals surface area (Å²) < 4.78 is 10.8. The third-order valence-corrected chi connectivity index (χ3v) is 4.25. The molecule has 2 heterocycles. The first-order valence-electron chi connectivity index (χ1n) is 8.14. The second-order valence-electron chi connectivity index (χ2n) is 5.77. The van der Waals surface area contributed by atoms with Crippen molar-refractivity contribution < 1.29 is 14.3 Å². The molecule has 1 aliphatic rings. The highest BCUT2D eigenvalue weighted by Gasteiger charge is 2.24. The summed E-state index contributed by atoms with van der Waals surface area (Å²) >= 11 is 5.90. The number of nitrogen functional groups attached to an aromatic ring is 1. The molecule has 1 fully saturated rings. The number of nitrogens with zero attached hydrogens (tertiary/aromatic N) is 4. The molecule has 0 spiro atoms. The minimum atomic E-state index is -0.0213. The van der Waals surface area contributed by atoms with E-state index in [2.05, 4.69) is 9.97 Å². The first kappa shape index (κ1) is 18.2. The lowest BCUT2D eigenvalue weighted by molar-refractivity contribution is -0.135. The minimum Gasteiger partial charge on any atom is -0.452 e.